The van der Waals surface area contributed by atoms with Crippen molar-refractivity contribution in [2.45, 2.75) is 478 Å². The van der Waals surface area contributed by atoms with E-state index in [-0.39, 0.29) is 25.7 Å². The van der Waals surface area contributed by atoms with Crippen molar-refractivity contribution in [1.29, 1.82) is 0 Å². The van der Waals surface area contributed by atoms with Crippen LogP contribution >= 0.6 is 15.6 Å². The monoisotopic (exact) mass is 1550 g/mol. The zero-order valence-electron chi connectivity index (χ0n) is 69.9. The summed E-state index contributed by atoms with van der Waals surface area (Å²) in [6.07, 6.45) is 67.9. The van der Waals surface area contributed by atoms with Crippen LogP contribution in [0.25, 0.3) is 0 Å². The number of aliphatic hydroxyl groups excluding tert-OH is 1. The maximum absolute atomic E-state index is 13.2. The normalized spacial score (nSPS) is 14.4. The Balaban J connectivity index is 5.21. The number of unbranched alkanes of at least 4 members (excludes halogenated alkanes) is 51. The Morgan fingerprint density at radius 1 is 0.274 bits per heavy atom. The highest BCUT2D eigenvalue weighted by Gasteiger charge is 2.31. The maximum atomic E-state index is 13.2. The molecule has 630 valence electrons. The first-order valence-corrected chi connectivity index (χ1v) is 47.9. The second-order valence-electron chi connectivity index (χ2n) is 32.2. The molecule has 0 spiro atoms. The molecule has 106 heavy (non-hydrogen) atoms. The highest BCUT2D eigenvalue weighted by molar-refractivity contribution is 7.47. The number of esters is 4. The molecule has 4 unspecified atom stereocenters. The van der Waals surface area contributed by atoms with Crippen molar-refractivity contribution in [2.24, 2.45) is 17.8 Å². The second kappa shape index (κ2) is 77.0. The van der Waals surface area contributed by atoms with Crippen molar-refractivity contribution >= 4 is 39.5 Å². The summed E-state index contributed by atoms with van der Waals surface area (Å²) in [5.74, 6) is 0.413. The van der Waals surface area contributed by atoms with E-state index in [4.69, 9.17) is 37.0 Å². The number of hydrogen-bond acceptors (Lipinski definition) is 15. The fraction of sp³-hybridized carbons (Fsp3) is 0.954. The molecule has 0 bridgehead atoms. The van der Waals surface area contributed by atoms with Crippen LogP contribution in [-0.4, -0.2) is 96.7 Å². The van der Waals surface area contributed by atoms with Crippen molar-refractivity contribution in [2.75, 3.05) is 39.6 Å². The van der Waals surface area contributed by atoms with E-state index in [1.807, 2.05) is 0 Å². The van der Waals surface area contributed by atoms with E-state index < -0.39 is 97.5 Å². The highest BCUT2D eigenvalue weighted by Crippen LogP contribution is 2.45. The van der Waals surface area contributed by atoms with E-state index in [2.05, 4.69) is 48.5 Å². The van der Waals surface area contributed by atoms with Gasteiger partial charge in [0.25, 0.3) is 0 Å². The van der Waals surface area contributed by atoms with Gasteiger partial charge in [-0.3, -0.25) is 37.3 Å². The van der Waals surface area contributed by atoms with Gasteiger partial charge in [0.1, 0.15) is 19.3 Å². The quantitative estimate of drug-likeness (QED) is 0.0222. The van der Waals surface area contributed by atoms with Gasteiger partial charge in [0, 0.05) is 25.7 Å². The van der Waals surface area contributed by atoms with Crippen LogP contribution in [0, 0.1) is 17.8 Å². The standard InChI is InChI=1S/C87H170O17P2/c1-8-11-12-13-14-37-47-54-61-68-84(89)97-74-82(103-86(91)71-64-57-50-43-36-30-24-22-27-33-40-46-53-60-67-80(7)10-3)76-101-105(93,94)99-72-81(88)73-100-106(95,96)102-77-83(75-98-85(90)69-62-55-48-41-34-28-23-21-26-32-39-45-52-59-66-79(6)9-2)104-87(92)70-63-56-49-42-35-29-20-18-16-15-17-19-25-31-38-44-51-58-65-78(4)5/h78-83,88H,8-77H2,1-7H3,(H,93,94)(H,95,96)/t79?,80?,81-,82+,83+/m0/s1. The maximum Gasteiger partial charge on any atom is 0.472 e. The van der Waals surface area contributed by atoms with Crippen LogP contribution in [-0.2, 0) is 65.4 Å². The van der Waals surface area contributed by atoms with Crippen LogP contribution in [0.15, 0.2) is 0 Å². The molecule has 0 radical (unpaired) electrons. The summed E-state index contributed by atoms with van der Waals surface area (Å²) in [6.45, 7) is 12.1. The van der Waals surface area contributed by atoms with Crippen LogP contribution < -0.4 is 0 Å². The molecule has 0 amide bonds. The smallest absolute Gasteiger partial charge is 0.462 e. The number of carbonyl (C=O) groups is 4. The minimum Gasteiger partial charge on any atom is -0.462 e. The fourth-order valence-electron chi connectivity index (χ4n) is 13.5. The van der Waals surface area contributed by atoms with Crippen molar-refractivity contribution in [3.63, 3.8) is 0 Å². The Morgan fingerprint density at radius 2 is 0.481 bits per heavy atom. The minimum absolute atomic E-state index is 0.108. The topological polar surface area (TPSA) is 237 Å². The van der Waals surface area contributed by atoms with Gasteiger partial charge in [0.2, 0.25) is 0 Å². The summed E-state index contributed by atoms with van der Waals surface area (Å²) < 4.78 is 68.9. The van der Waals surface area contributed by atoms with Gasteiger partial charge in [0.05, 0.1) is 26.4 Å². The van der Waals surface area contributed by atoms with Gasteiger partial charge in [-0.2, -0.15) is 0 Å². The third-order valence-electron chi connectivity index (χ3n) is 21.1. The zero-order chi connectivity index (χ0) is 77.9. The third kappa shape index (κ3) is 77.4. The van der Waals surface area contributed by atoms with Gasteiger partial charge in [0.15, 0.2) is 12.2 Å². The lowest BCUT2D eigenvalue weighted by atomic mass is 9.99. The molecular formula is C87H170O17P2. The van der Waals surface area contributed by atoms with Crippen LogP contribution in [0.5, 0.6) is 0 Å². The van der Waals surface area contributed by atoms with E-state index in [0.717, 1.165) is 108 Å². The van der Waals surface area contributed by atoms with Gasteiger partial charge in [-0.05, 0) is 43.4 Å². The predicted octanol–water partition coefficient (Wildman–Crippen LogP) is 26.5. The third-order valence-corrected chi connectivity index (χ3v) is 23.0. The lowest BCUT2D eigenvalue weighted by Crippen LogP contribution is -2.30. The zero-order valence-corrected chi connectivity index (χ0v) is 71.7. The molecule has 0 fully saturated rings. The molecule has 0 saturated heterocycles. The lowest BCUT2D eigenvalue weighted by molar-refractivity contribution is -0.161. The van der Waals surface area contributed by atoms with Gasteiger partial charge >= 0.3 is 39.5 Å². The van der Waals surface area contributed by atoms with Gasteiger partial charge in [-0.25, -0.2) is 9.13 Å². The molecule has 7 atom stereocenters. The average molecular weight is 1550 g/mol. The SMILES string of the molecule is CCCCCCCCCCCC(=O)OC[C@H](COP(=O)(O)OC[C@H](O)COP(=O)(O)OC[C@@H](COC(=O)CCCCCCCCCCCCCCCCC(C)CC)OC(=O)CCCCCCCCCCCCCCCCCCCCC(C)C)OC(=O)CCCCCCCCCCCCCCCCC(C)CC. The Bertz CT molecular complexity index is 2050. The first-order valence-electron chi connectivity index (χ1n) is 44.9. The summed E-state index contributed by atoms with van der Waals surface area (Å²) in [4.78, 5) is 73.2. The van der Waals surface area contributed by atoms with Crippen molar-refractivity contribution in [3.05, 3.63) is 0 Å². The number of phosphoric acid groups is 2. The number of hydrogen-bond donors (Lipinski definition) is 3. The summed E-state index contributed by atoms with van der Waals surface area (Å²) in [7, 11) is -9.93. The summed E-state index contributed by atoms with van der Waals surface area (Å²) in [5, 5.41) is 10.7. The number of phosphoric ester groups is 2. The number of carbonyl (C=O) groups excluding carboxylic acids is 4. The van der Waals surface area contributed by atoms with E-state index in [0.29, 0.717) is 25.7 Å². The first kappa shape index (κ1) is 104. The van der Waals surface area contributed by atoms with E-state index in [1.165, 1.54) is 270 Å². The summed E-state index contributed by atoms with van der Waals surface area (Å²) in [6, 6.07) is 0. The van der Waals surface area contributed by atoms with E-state index in [1.54, 1.807) is 0 Å². The molecule has 0 saturated carbocycles. The summed E-state index contributed by atoms with van der Waals surface area (Å²) in [5.41, 5.74) is 0. The number of rotatable bonds is 85. The molecule has 0 aromatic rings. The fourth-order valence-corrected chi connectivity index (χ4v) is 15.1. The molecule has 0 aliphatic carbocycles. The molecule has 0 aromatic carbocycles. The molecule has 17 nitrogen and oxygen atoms in total. The summed E-state index contributed by atoms with van der Waals surface area (Å²) >= 11 is 0. The predicted molar refractivity (Wildman–Crippen MR) is 437 cm³/mol. The van der Waals surface area contributed by atoms with Crippen LogP contribution in [0.4, 0.5) is 0 Å². The highest BCUT2D eigenvalue weighted by atomic mass is 31.2. The van der Waals surface area contributed by atoms with Crippen molar-refractivity contribution in [1.82, 2.24) is 0 Å². The van der Waals surface area contributed by atoms with Crippen LogP contribution in [0.2, 0.25) is 0 Å². The molecule has 19 heteroatoms. The van der Waals surface area contributed by atoms with Gasteiger partial charge in [-0.15, -0.1) is 0 Å². The second-order valence-corrected chi connectivity index (χ2v) is 35.1. The van der Waals surface area contributed by atoms with E-state index >= 15 is 0 Å². The lowest BCUT2D eigenvalue weighted by Gasteiger charge is -2.21. The number of ether oxygens (including phenoxy) is 4. The van der Waals surface area contributed by atoms with Gasteiger partial charge in [-0.1, -0.05) is 408 Å². The van der Waals surface area contributed by atoms with Crippen LogP contribution in [0.1, 0.15) is 459 Å². The average Bonchev–Trinajstić information content (AvgIpc) is 0.901. The Kier molecular flexibility index (Phi) is 75.6. The molecular weight excluding hydrogens is 1380 g/mol. The van der Waals surface area contributed by atoms with Gasteiger partial charge < -0.3 is 33.8 Å². The number of aliphatic hydroxyl groups is 1. The molecule has 0 aliphatic rings. The van der Waals surface area contributed by atoms with Crippen LogP contribution in [0.3, 0.4) is 0 Å². The molecule has 0 aromatic heterocycles. The molecule has 0 rings (SSSR count). The minimum atomic E-state index is -4.97. The van der Waals surface area contributed by atoms with Crippen molar-refractivity contribution < 1.29 is 80.2 Å². The Hall–Kier alpha value is -1.94. The molecule has 0 heterocycles. The van der Waals surface area contributed by atoms with Crippen molar-refractivity contribution in [3.8, 4) is 0 Å². The molecule has 0 aliphatic heterocycles. The Morgan fingerprint density at radius 3 is 0.717 bits per heavy atom. The largest absolute Gasteiger partial charge is 0.472 e. The Labute approximate surface area is 651 Å². The molecule has 3 N–H and O–H groups in total. The van der Waals surface area contributed by atoms with E-state index in [9.17, 15) is 43.2 Å². The first-order chi connectivity index (χ1) is 51.3.